The zero-order valence-electron chi connectivity index (χ0n) is 53.8. The van der Waals surface area contributed by atoms with Crippen molar-refractivity contribution in [1.29, 1.82) is 0 Å². The number of carbonyl (C=O) groups is 3. The fourth-order valence-electron chi connectivity index (χ4n) is 10.1. The molecule has 0 heterocycles. The van der Waals surface area contributed by atoms with Gasteiger partial charge in [-0.2, -0.15) is 0 Å². The van der Waals surface area contributed by atoms with Crippen LogP contribution in [0.15, 0.2) is 85.1 Å². The minimum atomic E-state index is -0.783. The summed E-state index contributed by atoms with van der Waals surface area (Å²) in [6.45, 7) is 6.54. The molecule has 6 nitrogen and oxygen atoms in total. The Morgan fingerprint density at radius 2 is 0.481 bits per heavy atom. The van der Waals surface area contributed by atoms with Crippen molar-refractivity contribution in [2.24, 2.45) is 0 Å². The number of rotatable bonds is 64. The standard InChI is InChI=1S/C75H132O6/c1-4-7-10-13-16-19-22-25-28-31-32-33-34-35-36-37-38-39-40-41-42-45-47-50-53-56-59-62-65-68-74(77)80-71-72(81-75(78)69-66-63-60-57-54-51-48-44-30-27-24-21-18-15-12-9-6-3)70-79-73(76)67-64-61-58-55-52-49-46-43-29-26-23-20-17-14-11-8-5-2/h7,10,16,18-19,21,25-30,32-33,72H,4-6,8-9,11-15,17,20,22-24,31,34-71H2,1-3H3/b10-7-,19-16-,21-18-,28-25-,29-26-,30-27-,33-32-. The SMILES string of the molecule is CC/C=C\C/C=C\C/C=C\C/C=C\CCCCCCCCCCCCCCCCCCC(=O)OCC(COC(=O)CCCCCCCCC/C=C\CCCCCCCC)OC(=O)CCCCCCCCC/C=C\C/C=C\CCCCC. The van der Waals surface area contributed by atoms with E-state index in [0.29, 0.717) is 19.3 Å². The molecule has 1 atom stereocenters. The molecule has 0 aliphatic heterocycles. The fourth-order valence-corrected chi connectivity index (χ4v) is 10.1. The van der Waals surface area contributed by atoms with Gasteiger partial charge >= 0.3 is 17.9 Å². The van der Waals surface area contributed by atoms with Crippen molar-refractivity contribution in [3.8, 4) is 0 Å². The lowest BCUT2D eigenvalue weighted by atomic mass is 10.0. The highest BCUT2D eigenvalue weighted by molar-refractivity contribution is 5.71. The van der Waals surface area contributed by atoms with E-state index in [1.54, 1.807) is 0 Å². The van der Waals surface area contributed by atoms with E-state index in [1.807, 2.05) is 0 Å². The lowest BCUT2D eigenvalue weighted by Gasteiger charge is -2.18. The summed E-state index contributed by atoms with van der Waals surface area (Å²) in [4.78, 5) is 38.4. The molecular weight excluding hydrogens is 997 g/mol. The molecule has 0 saturated heterocycles. The zero-order chi connectivity index (χ0) is 58.5. The predicted molar refractivity (Wildman–Crippen MR) is 353 cm³/mol. The number of hydrogen-bond donors (Lipinski definition) is 0. The first-order valence-corrected chi connectivity index (χ1v) is 35.1. The van der Waals surface area contributed by atoms with Gasteiger partial charge < -0.3 is 14.2 Å². The molecule has 0 bridgehead atoms. The van der Waals surface area contributed by atoms with Gasteiger partial charge in [0, 0.05) is 19.3 Å². The van der Waals surface area contributed by atoms with E-state index in [2.05, 4.69) is 106 Å². The molecule has 0 aromatic carbocycles. The first kappa shape index (κ1) is 77.6. The Morgan fingerprint density at radius 1 is 0.259 bits per heavy atom. The summed E-state index contributed by atoms with van der Waals surface area (Å²) in [5.41, 5.74) is 0. The number of allylic oxidation sites excluding steroid dienone is 14. The van der Waals surface area contributed by atoms with Gasteiger partial charge in [-0.25, -0.2) is 0 Å². The monoisotopic (exact) mass is 1130 g/mol. The van der Waals surface area contributed by atoms with E-state index >= 15 is 0 Å². The summed E-state index contributed by atoms with van der Waals surface area (Å²) in [7, 11) is 0. The lowest BCUT2D eigenvalue weighted by molar-refractivity contribution is -0.167. The molecule has 0 aliphatic carbocycles. The molecule has 1 unspecified atom stereocenters. The van der Waals surface area contributed by atoms with Crippen LogP contribution < -0.4 is 0 Å². The molecule has 81 heavy (non-hydrogen) atoms. The van der Waals surface area contributed by atoms with E-state index in [9.17, 15) is 14.4 Å². The van der Waals surface area contributed by atoms with Crippen molar-refractivity contribution in [2.45, 2.75) is 361 Å². The van der Waals surface area contributed by atoms with Crippen molar-refractivity contribution in [1.82, 2.24) is 0 Å². The maximum absolute atomic E-state index is 12.9. The molecule has 0 spiro atoms. The average molecular weight is 1130 g/mol. The largest absolute Gasteiger partial charge is 0.462 e. The lowest BCUT2D eigenvalue weighted by Crippen LogP contribution is -2.30. The Morgan fingerprint density at radius 3 is 0.790 bits per heavy atom. The van der Waals surface area contributed by atoms with Gasteiger partial charge in [0.15, 0.2) is 6.10 Å². The van der Waals surface area contributed by atoms with Gasteiger partial charge in [-0.3, -0.25) is 14.4 Å². The van der Waals surface area contributed by atoms with Gasteiger partial charge in [0.25, 0.3) is 0 Å². The molecule has 0 amide bonds. The van der Waals surface area contributed by atoms with Crippen LogP contribution in [0.2, 0.25) is 0 Å². The normalized spacial score (nSPS) is 12.6. The Balaban J connectivity index is 4.27. The zero-order valence-corrected chi connectivity index (χ0v) is 53.8. The van der Waals surface area contributed by atoms with Crippen LogP contribution in [0.4, 0.5) is 0 Å². The van der Waals surface area contributed by atoms with Crippen LogP contribution in [0, 0.1) is 0 Å². The van der Waals surface area contributed by atoms with Gasteiger partial charge in [-0.05, 0) is 116 Å². The van der Waals surface area contributed by atoms with Crippen molar-refractivity contribution in [2.75, 3.05) is 13.2 Å². The minimum Gasteiger partial charge on any atom is -0.462 e. The molecule has 0 aromatic heterocycles. The van der Waals surface area contributed by atoms with Crippen LogP contribution in [-0.4, -0.2) is 37.2 Å². The van der Waals surface area contributed by atoms with E-state index in [4.69, 9.17) is 14.2 Å². The van der Waals surface area contributed by atoms with Crippen molar-refractivity contribution in [3.05, 3.63) is 85.1 Å². The van der Waals surface area contributed by atoms with Gasteiger partial charge in [-0.1, -0.05) is 305 Å². The second kappa shape index (κ2) is 69.1. The number of esters is 3. The average Bonchev–Trinajstić information content (AvgIpc) is 3.47. The van der Waals surface area contributed by atoms with Crippen LogP contribution >= 0.6 is 0 Å². The molecule has 6 heteroatoms. The maximum atomic E-state index is 12.9. The highest BCUT2D eigenvalue weighted by atomic mass is 16.6. The van der Waals surface area contributed by atoms with E-state index in [0.717, 1.165) is 96.3 Å². The Hall–Kier alpha value is -3.41. The van der Waals surface area contributed by atoms with Crippen molar-refractivity contribution >= 4 is 17.9 Å². The van der Waals surface area contributed by atoms with Gasteiger partial charge in [-0.15, -0.1) is 0 Å². The number of hydrogen-bond acceptors (Lipinski definition) is 6. The van der Waals surface area contributed by atoms with Gasteiger partial charge in [0.05, 0.1) is 0 Å². The summed E-state index contributed by atoms with van der Waals surface area (Å²) in [6.07, 6.45) is 91.7. The smallest absolute Gasteiger partial charge is 0.306 e. The predicted octanol–water partition coefficient (Wildman–Crippen LogP) is 24.2. The third-order valence-electron chi connectivity index (χ3n) is 15.4. The summed E-state index contributed by atoms with van der Waals surface area (Å²) in [6, 6.07) is 0. The first-order chi connectivity index (χ1) is 40.0. The summed E-state index contributed by atoms with van der Waals surface area (Å²) in [5.74, 6) is -0.871. The van der Waals surface area contributed by atoms with Gasteiger partial charge in [0.2, 0.25) is 0 Å². The van der Waals surface area contributed by atoms with Crippen molar-refractivity contribution < 1.29 is 28.6 Å². The van der Waals surface area contributed by atoms with Crippen LogP contribution in [0.1, 0.15) is 355 Å². The van der Waals surface area contributed by atoms with E-state index in [-0.39, 0.29) is 31.1 Å². The highest BCUT2D eigenvalue weighted by Gasteiger charge is 2.19. The van der Waals surface area contributed by atoms with Crippen molar-refractivity contribution in [3.63, 3.8) is 0 Å². The van der Waals surface area contributed by atoms with Crippen LogP contribution in [-0.2, 0) is 28.6 Å². The number of carbonyl (C=O) groups excluding carboxylic acids is 3. The van der Waals surface area contributed by atoms with Crippen LogP contribution in [0.3, 0.4) is 0 Å². The third kappa shape index (κ3) is 67.3. The summed E-state index contributed by atoms with van der Waals surface area (Å²) < 4.78 is 17.0. The quantitative estimate of drug-likeness (QED) is 0.0261. The Bertz CT molecular complexity index is 1530. The fraction of sp³-hybridized carbons (Fsp3) is 0.773. The minimum absolute atomic E-state index is 0.0779. The molecule has 0 N–H and O–H groups in total. The second-order valence-electron chi connectivity index (χ2n) is 23.4. The Kier molecular flexibility index (Phi) is 66.2. The molecule has 0 aromatic rings. The maximum Gasteiger partial charge on any atom is 0.306 e. The first-order valence-electron chi connectivity index (χ1n) is 35.1. The van der Waals surface area contributed by atoms with Crippen LogP contribution in [0.25, 0.3) is 0 Å². The van der Waals surface area contributed by atoms with E-state index in [1.165, 1.54) is 218 Å². The van der Waals surface area contributed by atoms with Crippen LogP contribution in [0.5, 0.6) is 0 Å². The molecule has 0 saturated carbocycles. The topological polar surface area (TPSA) is 78.9 Å². The number of unbranched alkanes of at least 4 members (excludes halogenated alkanes) is 39. The summed E-state index contributed by atoms with van der Waals surface area (Å²) >= 11 is 0. The molecule has 0 fully saturated rings. The number of ether oxygens (including phenoxy) is 3. The molecular formula is C75H132O6. The Labute approximate surface area is 503 Å². The third-order valence-corrected chi connectivity index (χ3v) is 15.4. The van der Waals surface area contributed by atoms with E-state index < -0.39 is 6.10 Å². The second-order valence-corrected chi connectivity index (χ2v) is 23.4. The summed E-state index contributed by atoms with van der Waals surface area (Å²) in [5, 5.41) is 0. The molecule has 468 valence electrons. The molecule has 0 radical (unpaired) electrons. The van der Waals surface area contributed by atoms with Gasteiger partial charge in [0.1, 0.15) is 13.2 Å². The molecule has 0 rings (SSSR count). The molecule has 0 aliphatic rings. The highest BCUT2D eigenvalue weighted by Crippen LogP contribution is 2.17.